The minimum absolute atomic E-state index is 0.0896. The Balaban J connectivity index is 1.37. The van der Waals surface area contributed by atoms with Gasteiger partial charge >= 0.3 is 12.0 Å². The van der Waals surface area contributed by atoms with Crippen molar-refractivity contribution in [1.29, 1.82) is 0 Å². The highest BCUT2D eigenvalue weighted by molar-refractivity contribution is 6.01. The number of para-hydroxylation sites is 1. The van der Waals surface area contributed by atoms with E-state index in [2.05, 4.69) is 10.6 Å². The number of carbonyl (C=O) groups is 3. The van der Waals surface area contributed by atoms with Crippen LogP contribution in [0.15, 0.2) is 66.7 Å². The number of hydrogen-bond donors (Lipinski definition) is 3. The first-order valence-electron chi connectivity index (χ1n) is 12.5. The van der Waals surface area contributed by atoms with Crippen LogP contribution in [0.4, 0.5) is 16.2 Å². The van der Waals surface area contributed by atoms with Gasteiger partial charge in [-0.1, -0.05) is 24.3 Å². The Labute approximate surface area is 226 Å². The van der Waals surface area contributed by atoms with Crippen molar-refractivity contribution in [1.82, 2.24) is 4.90 Å². The van der Waals surface area contributed by atoms with Crippen LogP contribution >= 0.6 is 0 Å². The number of anilines is 2. The number of nitrogens with zero attached hydrogens (tertiary/aromatic N) is 1. The van der Waals surface area contributed by atoms with Gasteiger partial charge in [0, 0.05) is 12.2 Å². The van der Waals surface area contributed by atoms with Gasteiger partial charge in [0.05, 0.1) is 44.0 Å². The molecule has 3 aromatic rings. The summed E-state index contributed by atoms with van der Waals surface area (Å²) in [5.74, 6) is -0.151. The smallest absolute Gasteiger partial charge is 0.335 e. The van der Waals surface area contributed by atoms with Crippen LogP contribution in [0.25, 0.3) is 0 Å². The second kappa shape index (κ2) is 12.8. The van der Waals surface area contributed by atoms with E-state index in [0.29, 0.717) is 42.6 Å². The molecule has 3 amide bonds. The summed E-state index contributed by atoms with van der Waals surface area (Å²) in [6.45, 7) is 3.31. The molecule has 0 bridgehead atoms. The van der Waals surface area contributed by atoms with Crippen molar-refractivity contribution >= 4 is 29.3 Å². The summed E-state index contributed by atoms with van der Waals surface area (Å²) < 4.78 is 16.9. The number of ether oxygens (including phenoxy) is 3. The summed E-state index contributed by atoms with van der Waals surface area (Å²) >= 11 is 0. The van der Waals surface area contributed by atoms with E-state index in [1.807, 2.05) is 31.2 Å². The topological polar surface area (TPSA) is 126 Å². The molecule has 1 fully saturated rings. The fourth-order valence-electron chi connectivity index (χ4n) is 4.22. The molecule has 1 saturated heterocycles. The van der Waals surface area contributed by atoms with Gasteiger partial charge in [-0.05, 0) is 60.5 Å². The summed E-state index contributed by atoms with van der Waals surface area (Å²) in [4.78, 5) is 38.5. The number of amides is 3. The van der Waals surface area contributed by atoms with E-state index in [1.54, 1.807) is 35.2 Å². The van der Waals surface area contributed by atoms with Gasteiger partial charge in [-0.2, -0.15) is 0 Å². The Bertz CT molecular complexity index is 1330. The minimum atomic E-state index is -1.01. The lowest BCUT2D eigenvalue weighted by Crippen LogP contribution is -2.51. The first kappa shape index (κ1) is 27.5. The highest BCUT2D eigenvalue weighted by atomic mass is 16.5. The molecule has 204 valence electrons. The first-order chi connectivity index (χ1) is 18.8. The van der Waals surface area contributed by atoms with Gasteiger partial charge in [0.25, 0.3) is 0 Å². The molecule has 3 aromatic carbocycles. The molecule has 1 aliphatic heterocycles. The second-order valence-electron chi connectivity index (χ2n) is 9.06. The van der Waals surface area contributed by atoms with Crippen molar-refractivity contribution in [2.75, 3.05) is 44.1 Å². The number of rotatable bonds is 9. The van der Waals surface area contributed by atoms with E-state index < -0.39 is 12.0 Å². The molecule has 3 N–H and O–H groups in total. The van der Waals surface area contributed by atoms with E-state index in [-0.39, 0.29) is 30.5 Å². The highest BCUT2D eigenvalue weighted by Crippen LogP contribution is 2.27. The number of hydrogen-bond acceptors (Lipinski definition) is 6. The number of carboxylic acid groups (broad SMARTS) is 1. The second-order valence-corrected chi connectivity index (χ2v) is 9.06. The van der Waals surface area contributed by atoms with Gasteiger partial charge in [0.1, 0.15) is 18.1 Å². The molecule has 0 unspecified atom stereocenters. The molecule has 10 nitrogen and oxygen atoms in total. The van der Waals surface area contributed by atoms with Crippen molar-refractivity contribution in [3.63, 3.8) is 0 Å². The van der Waals surface area contributed by atoms with Gasteiger partial charge in [0.15, 0.2) is 0 Å². The van der Waals surface area contributed by atoms with Gasteiger partial charge in [-0.15, -0.1) is 0 Å². The van der Waals surface area contributed by atoms with Crippen LogP contribution in [0.2, 0.25) is 0 Å². The number of nitrogens with one attached hydrogen (secondary N) is 2. The molecule has 1 heterocycles. The maximum atomic E-state index is 13.2. The van der Waals surface area contributed by atoms with Crippen molar-refractivity contribution in [2.24, 2.45) is 0 Å². The zero-order valence-corrected chi connectivity index (χ0v) is 21.8. The van der Waals surface area contributed by atoms with E-state index >= 15 is 0 Å². The number of benzene rings is 3. The van der Waals surface area contributed by atoms with E-state index in [0.717, 1.165) is 11.1 Å². The predicted molar refractivity (Wildman–Crippen MR) is 146 cm³/mol. The third kappa shape index (κ3) is 7.26. The van der Waals surface area contributed by atoms with Crippen LogP contribution in [-0.4, -0.2) is 67.4 Å². The van der Waals surface area contributed by atoms with Crippen molar-refractivity contribution in [3.05, 3.63) is 83.4 Å². The van der Waals surface area contributed by atoms with Crippen LogP contribution in [0.1, 0.15) is 21.5 Å². The standard InChI is InChI=1S/C29H31N3O7/c1-19-5-3-4-6-24(19)30-29(36)31-25-12-7-20(15-26(25)37-2)16-27(33)32-13-14-38-17-22(32)18-39-23-10-8-21(9-11-23)28(34)35/h3-12,15,22H,13-14,16-18H2,1-2H3,(H,34,35)(H2,30,31,36)/t22-/m0/s1. The van der Waals surface area contributed by atoms with Crippen LogP contribution in [-0.2, 0) is 16.0 Å². The SMILES string of the molecule is COc1cc(CC(=O)N2CCOC[C@H]2COc2ccc(C(=O)O)cc2)ccc1NC(=O)Nc1ccccc1C. The average Bonchev–Trinajstić information content (AvgIpc) is 2.94. The third-order valence-corrected chi connectivity index (χ3v) is 6.35. The molecule has 0 radical (unpaired) electrons. The summed E-state index contributed by atoms with van der Waals surface area (Å²) in [5, 5.41) is 14.7. The van der Waals surface area contributed by atoms with E-state index in [1.165, 1.54) is 19.2 Å². The maximum absolute atomic E-state index is 13.2. The molecule has 0 saturated carbocycles. The Morgan fingerprint density at radius 1 is 1.03 bits per heavy atom. The lowest BCUT2D eigenvalue weighted by atomic mass is 10.1. The molecule has 4 rings (SSSR count). The Morgan fingerprint density at radius 2 is 1.77 bits per heavy atom. The Kier molecular flexibility index (Phi) is 9.01. The zero-order valence-electron chi connectivity index (χ0n) is 21.8. The average molecular weight is 534 g/mol. The molecule has 0 spiro atoms. The maximum Gasteiger partial charge on any atom is 0.335 e. The van der Waals surface area contributed by atoms with Gasteiger partial charge in [-0.3, -0.25) is 4.79 Å². The minimum Gasteiger partial charge on any atom is -0.495 e. The number of urea groups is 1. The summed E-state index contributed by atoms with van der Waals surface area (Å²) in [6.07, 6.45) is 0.135. The van der Waals surface area contributed by atoms with Crippen LogP contribution in [0.5, 0.6) is 11.5 Å². The zero-order chi connectivity index (χ0) is 27.8. The molecule has 1 aliphatic rings. The molecule has 0 aromatic heterocycles. The quantitative estimate of drug-likeness (QED) is 0.376. The summed E-state index contributed by atoms with van der Waals surface area (Å²) in [6, 6.07) is 18.1. The first-order valence-corrected chi connectivity index (χ1v) is 12.5. The number of aromatic carboxylic acids is 1. The van der Waals surface area contributed by atoms with Crippen molar-refractivity contribution < 1.29 is 33.7 Å². The summed E-state index contributed by atoms with van der Waals surface area (Å²) in [5.41, 5.74) is 3.03. The Hall–Kier alpha value is -4.57. The van der Waals surface area contributed by atoms with Crippen molar-refractivity contribution in [3.8, 4) is 11.5 Å². The number of methoxy groups -OCH3 is 1. The molecular weight excluding hydrogens is 502 g/mol. The largest absolute Gasteiger partial charge is 0.495 e. The monoisotopic (exact) mass is 533 g/mol. The number of morpholine rings is 1. The van der Waals surface area contributed by atoms with Crippen LogP contribution in [0.3, 0.4) is 0 Å². The van der Waals surface area contributed by atoms with Crippen LogP contribution < -0.4 is 20.1 Å². The summed E-state index contributed by atoms with van der Waals surface area (Å²) in [7, 11) is 1.50. The fourth-order valence-corrected chi connectivity index (χ4v) is 4.22. The molecule has 0 aliphatic carbocycles. The third-order valence-electron chi connectivity index (χ3n) is 6.35. The number of carboxylic acids is 1. The highest BCUT2D eigenvalue weighted by Gasteiger charge is 2.28. The fraction of sp³-hybridized carbons (Fsp3) is 0.276. The van der Waals surface area contributed by atoms with E-state index in [9.17, 15) is 14.4 Å². The van der Waals surface area contributed by atoms with Crippen molar-refractivity contribution in [2.45, 2.75) is 19.4 Å². The van der Waals surface area contributed by atoms with Gasteiger partial charge in [-0.25, -0.2) is 9.59 Å². The van der Waals surface area contributed by atoms with Gasteiger partial charge in [0.2, 0.25) is 5.91 Å². The Morgan fingerprint density at radius 3 is 2.49 bits per heavy atom. The van der Waals surface area contributed by atoms with E-state index in [4.69, 9.17) is 19.3 Å². The molecular formula is C29H31N3O7. The lowest BCUT2D eigenvalue weighted by molar-refractivity contribution is -0.140. The molecule has 39 heavy (non-hydrogen) atoms. The predicted octanol–water partition coefficient (Wildman–Crippen LogP) is 4.19. The molecule has 10 heteroatoms. The normalized spacial score (nSPS) is 14.8. The van der Waals surface area contributed by atoms with Crippen LogP contribution in [0, 0.1) is 6.92 Å². The number of carbonyl (C=O) groups excluding carboxylic acids is 2. The van der Waals surface area contributed by atoms with Gasteiger partial charge < -0.3 is 34.9 Å². The molecule has 1 atom stereocenters. The number of aryl methyl sites for hydroxylation is 1. The lowest BCUT2D eigenvalue weighted by Gasteiger charge is -2.35.